The molecule has 7 nitrogen and oxygen atoms in total. The quantitative estimate of drug-likeness (QED) is 0.338. The minimum Gasteiger partial charge on any atom is -0.361 e. The fourth-order valence-corrected chi connectivity index (χ4v) is 4.47. The first-order valence-corrected chi connectivity index (χ1v) is 10.6. The summed E-state index contributed by atoms with van der Waals surface area (Å²) in [6.45, 7) is 5.25. The SMILES string of the molecule is Cc1noc(C)c1-c1cnc2c(-c3cnn(C)c3)c(C(F)(F)F)n([C@@H](C)c3ccccn3)c2c1. The molecule has 5 aromatic rings. The second-order valence-corrected chi connectivity index (χ2v) is 8.22. The van der Waals surface area contributed by atoms with Crippen LogP contribution in [0.4, 0.5) is 13.2 Å². The Morgan fingerprint density at radius 3 is 2.41 bits per heavy atom. The molecule has 0 amide bonds. The highest BCUT2D eigenvalue weighted by molar-refractivity contribution is 5.97. The summed E-state index contributed by atoms with van der Waals surface area (Å²) in [7, 11) is 1.66. The molecule has 0 saturated heterocycles. The van der Waals surface area contributed by atoms with Crippen molar-refractivity contribution in [3.8, 4) is 22.3 Å². The van der Waals surface area contributed by atoms with Crippen LogP contribution in [0.15, 0.2) is 53.6 Å². The lowest BCUT2D eigenvalue weighted by atomic mass is 10.0. The average Bonchev–Trinajstić information content (AvgIpc) is 3.48. The monoisotopic (exact) mass is 466 g/mol. The Bertz CT molecular complexity index is 1480. The van der Waals surface area contributed by atoms with Gasteiger partial charge in [0.2, 0.25) is 0 Å². The van der Waals surface area contributed by atoms with Crippen molar-refractivity contribution in [3.63, 3.8) is 0 Å². The smallest absolute Gasteiger partial charge is 0.361 e. The number of alkyl halides is 3. The second kappa shape index (κ2) is 7.82. The van der Waals surface area contributed by atoms with E-state index < -0.39 is 17.9 Å². The molecule has 0 aliphatic heterocycles. The summed E-state index contributed by atoms with van der Waals surface area (Å²) in [5.41, 5.74) is 2.58. The zero-order valence-corrected chi connectivity index (χ0v) is 18.9. The first kappa shape index (κ1) is 21.9. The number of pyridine rings is 2. The van der Waals surface area contributed by atoms with E-state index >= 15 is 0 Å². The number of hydrogen-bond acceptors (Lipinski definition) is 5. The fraction of sp³-hybridized carbons (Fsp3) is 0.250. The van der Waals surface area contributed by atoms with Gasteiger partial charge in [-0.25, -0.2) is 0 Å². The number of nitrogens with zero attached hydrogens (tertiary/aromatic N) is 6. The fourth-order valence-electron chi connectivity index (χ4n) is 4.47. The molecular formula is C24H21F3N6O. The third-order valence-electron chi connectivity index (χ3n) is 5.93. The summed E-state index contributed by atoms with van der Waals surface area (Å²) >= 11 is 0. The van der Waals surface area contributed by atoms with Crippen molar-refractivity contribution in [2.24, 2.45) is 7.05 Å². The van der Waals surface area contributed by atoms with Gasteiger partial charge >= 0.3 is 6.18 Å². The van der Waals surface area contributed by atoms with E-state index in [-0.39, 0.29) is 11.1 Å². The van der Waals surface area contributed by atoms with Crippen LogP contribution in [0.2, 0.25) is 0 Å². The largest absolute Gasteiger partial charge is 0.432 e. The van der Waals surface area contributed by atoms with E-state index in [0.717, 1.165) is 0 Å². The van der Waals surface area contributed by atoms with Crippen LogP contribution in [0.3, 0.4) is 0 Å². The first-order chi connectivity index (χ1) is 16.2. The third-order valence-corrected chi connectivity index (χ3v) is 5.93. The van der Waals surface area contributed by atoms with Gasteiger partial charge in [-0.1, -0.05) is 11.2 Å². The Morgan fingerprint density at radius 1 is 1.03 bits per heavy atom. The number of aromatic nitrogens is 6. The highest BCUT2D eigenvalue weighted by Gasteiger charge is 2.42. The Balaban J connectivity index is 1.90. The van der Waals surface area contributed by atoms with Gasteiger partial charge in [0.15, 0.2) is 0 Å². The summed E-state index contributed by atoms with van der Waals surface area (Å²) < 4.78 is 52.1. The van der Waals surface area contributed by atoms with Crippen molar-refractivity contribution in [1.82, 2.24) is 29.5 Å². The molecule has 5 heterocycles. The molecule has 174 valence electrons. The summed E-state index contributed by atoms with van der Waals surface area (Å²) in [6, 6.07) is 6.20. The zero-order chi connectivity index (χ0) is 24.2. The van der Waals surface area contributed by atoms with Crippen LogP contribution in [0.5, 0.6) is 0 Å². The molecule has 0 aliphatic carbocycles. The molecule has 0 unspecified atom stereocenters. The maximum Gasteiger partial charge on any atom is 0.432 e. The number of halogens is 3. The molecular weight excluding hydrogens is 445 g/mol. The number of rotatable bonds is 4. The van der Waals surface area contributed by atoms with Gasteiger partial charge in [-0.2, -0.15) is 18.3 Å². The van der Waals surface area contributed by atoms with E-state index in [4.69, 9.17) is 4.52 Å². The van der Waals surface area contributed by atoms with E-state index in [2.05, 4.69) is 20.2 Å². The molecule has 0 bridgehead atoms. The van der Waals surface area contributed by atoms with Crippen LogP contribution in [0, 0.1) is 13.8 Å². The van der Waals surface area contributed by atoms with Gasteiger partial charge in [-0.05, 0) is 39.0 Å². The van der Waals surface area contributed by atoms with E-state index in [0.29, 0.717) is 39.4 Å². The van der Waals surface area contributed by atoms with Gasteiger partial charge < -0.3 is 9.09 Å². The molecule has 0 fully saturated rings. The minimum absolute atomic E-state index is 0.0105. The van der Waals surface area contributed by atoms with Crippen LogP contribution in [0.25, 0.3) is 33.3 Å². The summed E-state index contributed by atoms with van der Waals surface area (Å²) in [4.78, 5) is 8.85. The minimum atomic E-state index is -4.65. The second-order valence-electron chi connectivity index (χ2n) is 8.22. The van der Waals surface area contributed by atoms with Gasteiger partial charge in [0.25, 0.3) is 0 Å². The van der Waals surface area contributed by atoms with Crippen molar-refractivity contribution in [2.75, 3.05) is 0 Å². The zero-order valence-electron chi connectivity index (χ0n) is 18.9. The lowest BCUT2D eigenvalue weighted by Gasteiger charge is -2.20. The van der Waals surface area contributed by atoms with Crippen LogP contribution in [0.1, 0.15) is 35.8 Å². The maximum atomic E-state index is 14.7. The van der Waals surface area contributed by atoms with E-state index in [1.165, 1.54) is 15.4 Å². The topological polar surface area (TPSA) is 74.6 Å². The highest BCUT2D eigenvalue weighted by atomic mass is 19.4. The highest BCUT2D eigenvalue weighted by Crippen LogP contribution is 2.46. The average molecular weight is 466 g/mol. The van der Waals surface area contributed by atoms with E-state index in [1.807, 2.05) is 0 Å². The normalized spacial score (nSPS) is 13.0. The van der Waals surface area contributed by atoms with Crippen LogP contribution in [-0.2, 0) is 13.2 Å². The Morgan fingerprint density at radius 2 is 1.82 bits per heavy atom. The standard InChI is InChI=1S/C24H21F3N6O/c1-13-20(15(3)34-31-13)16-9-19-22(29-10-16)21(17-11-30-32(4)12-17)23(24(25,26)27)33(19)14(2)18-7-5-6-8-28-18/h5-12,14H,1-4H3/t14-/m0/s1. The molecule has 0 spiro atoms. The summed E-state index contributed by atoms with van der Waals surface area (Å²) in [5, 5.41) is 8.08. The van der Waals surface area contributed by atoms with Crippen LogP contribution >= 0.6 is 0 Å². The lowest BCUT2D eigenvalue weighted by Crippen LogP contribution is -2.19. The Hall–Kier alpha value is -3.95. The summed E-state index contributed by atoms with van der Waals surface area (Å²) in [5.74, 6) is 0.568. The van der Waals surface area contributed by atoms with Gasteiger partial charge in [-0.15, -0.1) is 0 Å². The molecule has 0 saturated carbocycles. The van der Waals surface area contributed by atoms with E-state index in [1.54, 1.807) is 70.7 Å². The van der Waals surface area contributed by atoms with Gasteiger partial charge in [0.1, 0.15) is 11.5 Å². The Labute approximate surface area is 192 Å². The van der Waals surface area contributed by atoms with Gasteiger partial charge in [-0.3, -0.25) is 14.6 Å². The number of hydrogen-bond donors (Lipinski definition) is 0. The Kier molecular flexibility index (Phi) is 5.03. The molecule has 0 radical (unpaired) electrons. The van der Waals surface area contributed by atoms with Crippen LogP contribution < -0.4 is 0 Å². The lowest BCUT2D eigenvalue weighted by molar-refractivity contribution is -0.143. The van der Waals surface area contributed by atoms with Crippen molar-refractivity contribution in [1.29, 1.82) is 0 Å². The first-order valence-electron chi connectivity index (χ1n) is 10.6. The van der Waals surface area contributed by atoms with Crippen molar-refractivity contribution >= 4 is 11.0 Å². The van der Waals surface area contributed by atoms with E-state index in [9.17, 15) is 13.2 Å². The van der Waals surface area contributed by atoms with Crippen molar-refractivity contribution in [3.05, 3.63) is 71.9 Å². The molecule has 0 N–H and O–H groups in total. The van der Waals surface area contributed by atoms with Crippen LogP contribution in [-0.4, -0.2) is 29.5 Å². The summed E-state index contributed by atoms with van der Waals surface area (Å²) in [6.07, 6.45) is 1.45. The molecule has 34 heavy (non-hydrogen) atoms. The predicted octanol–water partition coefficient (Wildman–Crippen LogP) is 5.73. The molecule has 0 aliphatic rings. The third kappa shape index (κ3) is 3.46. The molecule has 5 aromatic heterocycles. The van der Waals surface area contributed by atoms with Gasteiger partial charge in [0, 0.05) is 47.9 Å². The van der Waals surface area contributed by atoms with Gasteiger partial charge in [0.05, 0.1) is 34.7 Å². The predicted molar refractivity (Wildman–Crippen MR) is 120 cm³/mol. The molecule has 0 aromatic carbocycles. The van der Waals surface area contributed by atoms with Crippen molar-refractivity contribution in [2.45, 2.75) is 33.0 Å². The number of aryl methyl sites for hydroxylation is 3. The number of fused-ring (bicyclic) bond motifs is 1. The maximum absolute atomic E-state index is 14.7. The molecule has 10 heteroatoms. The molecule has 1 atom stereocenters. The van der Waals surface area contributed by atoms with Crippen molar-refractivity contribution < 1.29 is 17.7 Å². The molecule has 5 rings (SSSR count).